The standard InChI is InChI=1S/C29H33N5O/c1-21-3-5-23(6-4-21)29(19-35-20-29)24-7-9-25(10-8-24)33-12-11-22-13-30-27(31-26(22)14-33)34-17-28(18-34)15-32(2)16-28/h3-10,13H,11-12,14-20H2,1-2H3. The van der Waals surface area contributed by atoms with Crippen LogP contribution >= 0.6 is 0 Å². The molecule has 180 valence electrons. The first-order chi connectivity index (χ1) is 17.0. The van der Waals surface area contributed by atoms with Crippen LogP contribution in [-0.4, -0.2) is 67.9 Å². The van der Waals surface area contributed by atoms with Gasteiger partial charge in [-0.15, -0.1) is 0 Å². The van der Waals surface area contributed by atoms with Gasteiger partial charge in [0.15, 0.2) is 0 Å². The summed E-state index contributed by atoms with van der Waals surface area (Å²) < 4.78 is 5.71. The minimum atomic E-state index is -0.0212. The Morgan fingerprint density at radius 3 is 2.17 bits per heavy atom. The van der Waals surface area contributed by atoms with E-state index >= 15 is 0 Å². The number of hydrogen-bond acceptors (Lipinski definition) is 6. The highest BCUT2D eigenvalue weighted by Crippen LogP contribution is 2.41. The van der Waals surface area contributed by atoms with Crippen LogP contribution < -0.4 is 9.80 Å². The normalized spacial score (nSPS) is 22.2. The average Bonchev–Trinajstić information content (AvgIpc) is 2.81. The Hall–Kier alpha value is -2.96. The van der Waals surface area contributed by atoms with Gasteiger partial charge in [0.2, 0.25) is 5.95 Å². The molecule has 0 saturated carbocycles. The fraction of sp³-hybridized carbons (Fsp3) is 0.448. The molecule has 3 saturated heterocycles. The molecular weight excluding hydrogens is 434 g/mol. The van der Waals surface area contributed by atoms with Gasteiger partial charge in [-0.1, -0.05) is 42.0 Å². The molecule has 1 aromatic heterocycles. The topological polar surface area (TPSA) is 44.7 Å². The lowest BCUT2D eigenvalue weighted by atomic mass is 9.73. The molecule has 1 spiro atoms. The minimum Gasteiger partial charge on any atom is -0.379 e. The van der Waals surface area contributed by atoms with E-state index < -0.39 is 0 Å². The van der Waals surface area contributed by atoms with Gasteiger partial charge in [-0.3, -0.25) is 0 Å². The van der Waals surface area contributed by atoms with E-state index in [4.69, 9.17) is 14.7 Å². The first kappa shape index (κ1) is 21.3. The lowest BCUT2D eigenvalue weighted by Gasteiger charge is -2.59. The number of rotatable bonds is 4. The monoisotopic (exact) mass is 467 g/mol. The average molecular weight is 468 g/mol. The summed E-state index contributed by atoms with van der Waals surface area (Å²) in [6.07, 6.45) is 3.06. The summed E-state index contributed by atoms with van der Waals surface area (Å²) in [5.41, 5.74) is 8.19. The summed E-state index contributed by atoms with van der Waals surface area (Å²) in [6.45, 7) is 10.1. The number of aryl methyl sites for hydroxylation is 1. The highest BCUT2D eigenvalue weighted by Gasteiger charge is 2.51. The number of nitrogens with zero attached hydrogens (tertiary/aromatic N) is 5. The molecule has 0 amide bonds. The third-order valence-electron chi connectivity index (χ3n) is 8.57. The maximum atomic E-state index is 5.71. The molecule has 4 aliphatic heterocycles. The molecule has 0 unspecified atom stereocenters. The summed E-state index contributed by atoms with van der Waals surface area (Å²) in [5, 5.41) is 0. The minimum absolute atomic E-state index is 0.0212. The maximum Gasteiger partial charge on any atom is 0.225 e. The molecule has 0 bridgehead atoms. The molecule has 35 heavy (non-hydrogen) atoms. The van der Waals surface area contributed by atoms with Gasteiger partial charge in [0.25, 0.3) is 0 Å². The largest absolute Gasteiger partial charge is 0.379 e. The zero-order chi connectivity index (χ0) is 23.6. The summed E-state index contributed by atoms with van der Waals surface area (Å²) in [5.74, 6) is 0.908. The van der Waals surface area contributed by atoms with E-state index in [-0.39, 0.29) is 5.41 Å². The Kier molecular flexibility index (Phi) is 4.74. The van der Waals surface area contributed by atoms with Gasteiger partial charge in [-0.25, -0.2) is 9.97 Å². The van der Waals surface area contributed by atoms with Gasteiger partial charge in [-0.2, -0.15) is 0 Å². The van der Waals surface area contributed by atoms with Gasteiger partial charge in [0.05, 0.1) is 30.9 Å². The Morgan fingerprint density at radius 2 is 1.54 bits per heavy atom. The van der Waals surface area contributed by atoms with Crippen LogP contribution in [0.2, 0.25) is 0 Å². The van der Waals surface area contributed by atoms with E-state index in [0.29, 0.717) is 5.41 Å². The van der Waals surface area contributed by atoms with Gasteiger partial charge < -0.3 is 19.4 Å². The van der Waals surface area contributed by atoms with Crippen molar-refractivity contribution in [3.05, 3.63) is 82.7 Å². The maximum absolute atomic E-state index is 5.71. The molecule has 4 aliphatic rings. The second-order valence-corrected chi connectivity index (χ2v) is 11.3. The Labute approximate surface area is 207 Å². The van der Waals surface area contributed by atoms with Crippen LogP contribution in [0.1, 0.15) is 27.9 Å². The van der Waals surface area contributed by atoms with Crippen LogP contribution in [0, 0.1) is 12.3 Å². The van der Waals surface area contributed by atoms with Gasteiger partial charge in [0.1, 0.15) is 0 Å². The molecule has 0 N–H and O–H groups in total. The molecule has 5 heterocycles. The van der Waals surface area contributed by atoms with E-state index in [1.807, 2.05) is 0 Å². The van der Waals surface area contributed by atoms with Crippen LogP contribution in [0.3, 0.4) is 0 Å². The van der Waals surface area contributed by atoms with Crippen LogP contribution in [0.25, 0.3) is 0 Å². The van der Waals surface area contributed by atoms with Crippen molar-refractivity contribution in [1.82, 2.24) is 14.9 Å². The van der Waals surface area contributed by atoms with Crippen molar-refractivity contribution in [3.8, 4) is 0 Å². The molecule has 3 aromatic rings. The first-order valence-corrected chi connectivity index (χ1v) is 12.8. The van der Waals surface area contributed by atoms with Gasteiger partial charge in [0, 0.05) is 50.0 Å². The molecule has 7 rings (SSSR count). The molecule has 2 aromatic carbocycles. The van der Waals surface area contributed by atoms with Crippen LogP contribution in [0.15, 0.2) is 54.7 Å². The highest BCUT2D eigenvalue weighted by molar-refractivity contribution is 5.53. The molecule has 0 aliphatic carbocycles. The van der Waals surface area contributed by atoms with Gasteiger partial charge in [-0.05, 0) is 49.2 Å². The van der Waals surface area contributed by atoms with Crippen molar-refractivity contribution < 1.29 is 4.74 Å². The zero-order valence-corrected chi connectivity index (χ0v) is 20.7. The Morgan fingerprint density at radius 1 is 0.857 bits per heavy atom. The molecule has 6 heteroatoms. The summed E-state index contributed by atoms with van der Waals surface area (Å²) in [4.78, 5) is 16.9. The molecule has 6 nitrogen and oxygen atoms in total. The molecule has 0 radical (unpaired) electrons. The number of benzene rings is 2. The van der Waals surface area contributed by atoms with E-state index in [0.717, 1.165) is 51.8 Å². The summed E-state index contributed by atoms with van der Waals surface area (Å²) >= 11 is 0. The third kappa shape index (κ3) is 3.46. The van der Waals surface area contributed by atoms with Crippen molar-refractivity contribution in [2.75, 3.05) is 62.8 Å². The smallest absolute Gasteiger partial charge is 0.225 e. The van der Waals surface area contributed by atoms with Crippen LogP contribution in [0.4, 0.5) is 11.6 Å². The van der Waals surface area contributed by atoms with Crippen molar-refractivity contribution in [1.29, 1.82) is 0 Å². The Balaban J connectivity index is 1.08. The van der Waals surface area contributed by atoms with Crippen LogP contribution in [-0.2, 0) is 23.1 Å². The fourth-order valence-corrected chi connectivity index (χ4v) is 6.54. The number of hydrogen-bond donors (Lipinski definition) is 0. The van der Waals surface area contributed by atoms with Gasteiger partial charge >= 0.3 is 0 Å². The van der Waals surface area contributed by atoms with Crippen molar-refractivity contribution in [2.24, 2.45) is 5.41 Å². The SMILES string of the molecule is Cc1ccc(C2(c3ccc(N4CCc5cnc(N6CC7(CN(C)C7)C6)nc5C4)cc3)COC2)cc1. The molecule has 0 atom stereocenters. The van der Waals surface area contributed by atoms with E-state index in [1.165, 1.54) is 46.7 Å². The fourth-order valence-electron chi connectivity index (χ4n) is 6.54. The summed E-state index contributed by atoms with van der Waals surface area (Å²) in [6, 6.07) is 18.1. The number of aromatic nitrogens is 2. The number of likely N-dealkylation sites (tertiary alicyclic amines) is 1. The van der Waals surface area contributed by atoms with Crippen molar-refractivity contribution in [3.63, 3.8) is 0 Å². The highest BCUT2D eigenvalue weighted by atomic mass is 16.5. The van der Waals surface area contributed by atoms with Crippen LogP contribution in [0.5, 0.6) is 0 Å². The predicted molar refractivity (Wildman–Crippen MR) is 138 cm³/mol. The summed E-state index contributed by atoms with van der Waals surface area (Å²) in [7, 11) is 2.20. The second kappa shape index (κ2) is 7.77. The number of fused-ring (bicyclic) bond motifs is 1. The van der Waals surface area contributed by atoms with E-state index in [1.54, 1.807) is 0 Å². The first-order valence-electron chi connectivity index (χ1n) is 12.8. The van der Waals surface area contributed by atoms with E-state index in [2.05, 4.69) is 83.4 Å². The molecular formula is C29H33N5O. The zero-order valence-electron chi connectivity index (χ0n) is 20.7. The lowest BCUT2D eigenvalue weighted by Crippen LogP contribution is -2.71. The number of ether oxygens (including phenoxy) is 1. The predicted octanol–water partition coefficient (Wildman–Crippen LogP) is 3.42. The Bertz CT molecular complexity index is 1240. The quantitative estimate of drug-likeness (QED) is 0.586. The third-order valence-corrected chi connectivity index (χ3v) is 8.57. The van der Waals surface area contributed by atoms with Crippen molar-refractivity contribution >= 4 is 11.6 Å². The van der Waals surface area contributed by atoms with E-state index in [9.17, 15) is 0 Å². The second-order valence-electron chi connectivity index (χ2n) is 11.3. The number of anilines is 2. The molecule has 3 fully saturated rings. The lowest BCUT2D eigenvalue weighted by molar-refractivity contribution is -0.0379. The van der Waals surface area contributed by atoms with Crippen molar-refractivity contribution in [2.45, 2.75) is 25.3 Å².